The van der Waals surface area contributed by atoms with Gasteiger partial charge in [0.1, 0.15) is 0 Å². The molecule has 0 saturated carbocycles. The van der Waals surface area contributed by atoms with E-state index < -0.39 is 0 Å². The van der Waals surface area contributed by atoms with Gasteiger partial charge in [0, 0.05) is 16.5 Å². The topological polar surface area (TPSA) is 17.1 Å². The molecule has 0 amide bonds. The summed E-state index contributed by atoms with van der Waals surface area (Å²) in [7, 11) is 0. The summed E-state index contributed by atoms with van der Waals surface area (Å²) < 4.78 is 1.07. The molecule has 0 heterocycles. The molecule has 1 nitrogen and oxygen atoms in total. The van der Waals surface area contributed by atoms with Crippen molar-refractivity contribution in [3.05, 3.63) is 33.8 Å². The molecule has 0 N–H and O–H groups in total. The third kappa shape index (κ3) is 1.02. The third-order valence-electron chi connectivity index (χ3n) is 2.34. The van der Waals surface area contributed by atoms with Crippen LogP contribution in [0.15, 0.2) is 22.7 Å². The average molecular weight is 225 g/mol. The number of fused-ring (bicyclic) bond motifs is 1. The predicted molar refractivity (Wildman–Crippen MR) is 51.5 cm³/mol. The van der Waals surface area contributed by atoms with Gasteiger partial charge in [-0.05, 0) is 17.5 Å². The first-order valence-corrected chi connectivity index (χ1v) is 4.81. The molecular formula is C10H9BrO. The van der Waals surface area contributed by atoms with Gasteiger partial charge in [0.25, 0.3) is 0 Å². The number of rotatable bonds is 0. The molecule has 1 atom stereocenters. The highest BCUT2D eigenvalue weighted by molar-refractivity contribution is 9.10. The standard InChI is InChI=1S/C10H9BrO/c1-6-5-9(12)7-3-2-4-8(11)10(6)7/h2-4,6H,5H2,1H3. The Bertz CT molecular complexity index is 344. The van der Waals surface area contributed by atoms with E-state index in [-0.39, 0.29) is 5.78 Å². The van der Waals surface area contributed by atoms with Gasteiger partial charge >= 0.3 is 0 Å². The van der Waals surface area contributed by atoms with Gasteiger partial charge in [-0.2, -0.15) is 0 Å². The first-order valence-electron chi connectivity index (χ1n) is 4.01. The molecule has 1 unspecified atom stereocenters. The third-order valence-corrected chi connectivity index (χ3v) is 3.03. The average Bonchev–Trinajstić information content (AvgIpc) is 2.29. The monoisotopic (exact) mass is 224 g/mol. The lowest BCUT2D eigenvalue weighted by Crippen LogP contribution is -1.89. The summed E-state index contributed by atoms with van der Waals surface area (Å²) in [5.41, 5.74) is 2.08. The molecule has 0 bridgehead atoms. The highest BCUT2D eigenvalue weighted by Gasteiger charge is 2.27. The summed E-state index contributed by atoms with van der Waals surface area (Å²) in [5.74, 6) is 0.655. The van der Waals surface area contributed by atoms with Crippen molar-refractivity contribution in [2.24, 2.45) is 0 Å². The van der Waals surface area contributed by atoms with Crippen LogP contribution in [0.1, 0.15) is 35.2 Å². The van der Waals surface area contributed by atoms with Crippen LogP contribution in [0, 0.1) is 0 Å². The van der Waals surface area contributed by atoms with Crippen LogP contribution in [0.25, 0.3) is 0 Å². The van der Waals surface area contributed by atoms with Gasteiger partial charge < -0.3 is 0 Å². The van der Waals surface area contributed by atoms with Crippen molar-refractivity contribution in [2.45, 2.75) is 19.3 Å². The Morgan fingerprint density at radius 3 is 2.92 bits per heavy atom. The first kappa shape index (κ1) is 7.99. The number of Topliss-reactive ketones (excluding diaryl/α,β-unsaturated/α-hetero) is 1. The molecule has 62 valence electrons. The molecule has 1 aromatic carbocycles. The van der Waals surface area contributed by atoms with Crippen LogP contribution in [0.5, 0.6) is 0 Å². The summed E-state index contributed by atoms with van der Waals surface area (Å²) in [6.07, 6.45) is 0.665. The first-order chi connectivity index (χ1) is 5.70. The van der Waals surface area contributed by atoms with Crippen LogP contribution in [-0.4, -0.2) is 5.78 Å². The number of carbonyl (C=O) groups excluding carboxylic acids is 1. The van der Waals surface area contributed by atoms with Crippen LogP contribution in [0.2, 0.25) is 0 Å². The van der Waals surface area contributed by atoms with Crippen LogP contribution in [-0.2, 0) is 0 Å². The molecule has 2 heteroatoms. The van der Waals surface area contributed by atoms with E-state index in [0.29, 0.717) is 12.3 Å². The van der Waals surface area contributed by atoms with E-state index in [1.165, 1.54) is 5.56 Å². The van der Waals surface area contributed by atoms with Crippen LogP contribution >= 0.6 is 15.9 Å². The molecule has 12 heavy (non-hydrogen) atoms. The van der Waals surface area contributed by atoms with E-state index in [1.54, 1.807) is 0 Å². The molecular weight excluding hydrogens is 216 g/mol. The zero-order valence-electron chi connectivity index (χ0n) is 6.80. The molecule has 0 spiro atoms. The van der Waals surface area contributed by atoms with E-state index in [0.717, 1.165) is 10.0 Å². The minimum Gasteiger partial charge on any atom is -0.294 e. The molecule has 0 saturated heterocycles. The van der Waals surface area contributed by atoms with Crippen LogP contribution in [0.3, 0.4) is 0 Å². The number of hydrogen-bond donors (Lipinski definition) is 0. The SMILES string of the molecule is CC1CC(=O)c2cccc(Br)c21. The molecule has 2 rings (SSSR count). The van der Waals surface area contributed by atoms with Gasteiger partial charge in [-0.3, -0.25) is 4.79 Å². The Balaban J connectivity index is 2.67. The minimum atomic E-state index is 0.277. The lowest BCUT2D eigenvalue weighted by atomic mass is 10.0. The van der Waals surface area contributed by atoms with Gasteiger partial charge in [-0.15, -0.1) is 0 Å². The zero-order valence-corrected chi connectivity index (χ0v) is 8.39. The van der Waals surface area contributed by atoms with E-state index in [2.05, 4.69) is 22.9 Å². The van der Waals surface area contributed by atoms with Crippen molar-refractivity contribution >= 4 is 21.7 Å². The van der Waals surface area contributed by atoms with Crippen molar-refractivity contribution < 1.29 is 4.79 Å². The van der Waals surface area contributed by atoms with Gasteiger partial charge in [0.15, 0.2) is 5.78 Å². The number of ketones is 1. The van der Waals surface area contributed by atoms with Crippen molar-refractivity contribution in [3.63, 3.8) is 0 Å². The summed E-state index contributed by atoms with van der Waals surface area (Å²) in [4.78, 5) is 11.4. The maximum absolute atomic E-state index is 11.4. The maximum Gasteiger partial charge on any atom is 0.163 e. The maximum atomic E-state index is 11.4. The lowest BCUT2D eigenvalue weighted by molar-refractivity contribution is 0.0990. The van der Waals surface area contributed by atoms with Gasteiger partial charge in [-0.1, -0.05) is 35.0 Å². The fourth-order valence-corrected chi connectivity index (χ4v) is 2.53. The minimum absolute atomic E-state index is 0.277. The van der Waals surface area contributed by atoms with Gasteiger partial charge in [-0.25, -0.2) is 0 Å². The predicted octanol–water partition coefficient (Wildman–Crippen LogP) is 3.14. The lowest BCUT2D eigenvalue weighted by Gasteiger charge is -2.04. The fraction of sp³-hybridized carbons (Fsp3) is 0.300. The van der Waals surface area contributed by atoms with Crippen LogP contribution < -0.4 is 0 Å². The summed E-state index contributed by atoms with van der Waals surface area (Å²) in [5, 5.41) is 0. The molecule has 0 aliphatic heterocycles. The van der Waals surface area contributed by atoms with Crippen molar-refractivity contribution in [1.82, 2.24) is 0 Å². The van der Waals surface area contributed by atoms with Crippen molar-refractivity contribution in [2.75, 3.05) is 0 Å². The van der Waals surface area contributed by atoms with Crippen molar-refractivity contribution in [3.8, 4) is 0 Å². The van der Waals surface area contributed by atoms with Gasteiger partial charge in [0.05, 0.1) is 0 Å². The number of halogens is 1. The number of hydrogen-bond acceptors (Lipinski definition) is 1. The summed E-state index contributed by atoms with van der Waals surface area (Å²) in [6, 6.07) is 5.82. The zero-order chi connectivity index (χ0) is 8.72. The second-order valence-corrected chi connectivity index (χ2v) is 4.08. The molecule has 0 radical (unpaired) electrons. The van der Waals surface area contributed by atoms with E-state index in [1.807, 2.05) is 18.2 Å². The molecule has 1 aliphatic carbocycles. The second kappa shape index (κ2) is 2.70. The van der Waals surface area contributed by atoms with Gasteiger partial charge in [0.2, 0.25) is 0 Å². The number of benzene rings is 1. The Labute approximate surface area is 79.9 Å². The second-order valence-electron chi connectivity index (χ2n) is 3.23. The van der Waals surface area contributed by atoms with Crippen LogP contribution in [0.4, 0.5) is 0 Å². The van der Waals surface area contributed by atoms with E-state index in [4.69, 9.17) is 0 Å². The molecule has 1 aromatic rings. The quantitative estimate of drug-likeness (QED) is 0.662. The Kier molecular flexibility index (Phi) is 1.80. The number of carbonyl (C=O) groups is 1. The van der Waals surface area contributed by atoms with Crippen molar-refractivity contribution in [1.29, 1.82) is 0 Å². The Hall–Kier alpha value is -0.630. The van der Waals surface area contributed by atoms with E-state index in [9.17, 15) is 4.79 Å². The highest BCUT2D eigenvalue weighted by atomic mass is 79.9. The molecule has 1 aliphatic rings. The Morgan fingerprint density at radius 2 is 2.25 bits per heavy atom. The fourth-order valence-electron chi connectivity index (χ4n) is 1.77. The molecule has 0 fully saturated rings. The normalized spacial score (nSPS) is 21.2. The largest absolute Gasteiger partial charge is 0.294 e. The summed E-state index contributed by atoms with van der Waals surface area (Å²) >= 11 is 3.46. The Morgan fingerprint density at radius 1 is 1.50 bits per heavy atom. The smallest absolute Gasteiger partial charge is 0.163 e. The summed E-state index contributed by atoms with van der Waals surface area (Å²) in [6.45, 7) is 2.09. The molecule has 0 aromatic heterocycles. The van der Waals surface area contributed by atoms with E-state index >= 15 is 0 Å². The highest BCUT2D eigenvalue weighted by Crippen LogP contribution is 2.37.